The van der Waals surface area contributed by atoms with Crippen LogP contribution in [-0.4, -0.2) is 47.1 Å². The summed E-state index contributed by atoms with van der Waals surface area (Å²) < 4.78 is 5.91. The highest BCUT2D eigenvalue weighted by molar-refractivity contribution is 5.95. The average molecular weight is 471 g/mol. The summed E-state index contributed by atoms with van der Waals surface area (Å²) in [6.07, 6.45) is 5.45. The number of pyridine rings is 1. The van der Waals surface area contributed by atoms with Crippen LogP contribution in [0.2, 0.25) is 0 Å². The van der Waals surface area contributed by atoms with Crippen molar-refractivity contribution in [2.45, 2.75) is 38.3 Å². The summed E-state index contributed by atoms with van der Waals surface area (Å²) in [6, 6.07) is 19.3. The van der Waals surface area contributed by atoms with Crippen molar-refractivity contribution in [1.29, 1.82) is 0 Å². The minimum absolute atomic E-state index is 0.00992. The zero-order chi connectivity index (χ0) is 24.3. The number of nitrogens with zero attached hydrogens (tertiary/aromatic N) is 3. The average Bonchev–Trinajstić information content (AvgIpc) is 3.08. The number of rotatable bonds is 5. The van der Waals surface area contributed by atoms with Gasteiger partial charge in [0.2, 0.25) is 0 Å². The quantitative estimate of drug-likeness (QED) is 0.567. The molecule has 0 aliphatic carbocycles. The standard InChI is InChI=1S/C28H30N4O3/c1-21-10-11-23(17-25(21)30-19-22-7-5-14-29-18-22)26(33)31-15-6-12-28(13-16-31)20-32(27(34)35-28)24-8-3-2-4-9-24/h2-5,7-11,14,17-18,30H,6,12-13,15-16,19-20H2,1H3/t28-/m1/s1. The van der Waals surface area contributed by atoms with Gasteiger partial charge in [-0.2, -0.15) is 0 Å². The van der Waals surface area contributed by atoms with E-state index in [0.29, 0.717) is 38.2 Å². The normalized spacial score (nSPS) is 20.0. The molecule has 1 N–H and O–H groups in total. The molecule has 2 aromatic carbocycles. The number of anilines is 2. The summed E-state index contributed by atoms with van der Waals surface area (Å²) >= 11 is 0. The lowest BCUT2D eigenvalue weighted by atomic mass is 9.95. The number of carbonyl (C=O) groups is 2. The van der Waals surface area contributed by atoms with Gasteiger partial charge >= 0.3 is 6.09 Å². The Balaban J connectivity index is 1.25. The van der Waals surface area contributed by atoms with Crippen LogP contribution < -0.4 is 10.2 Å². The molecule has 1 aromatic heterocycles. The molecule has 0 saturated carbocycles. The summed E-state index contributed by atoms with van der Waals surface area (Å²) in [4.78, 5) is 33.8. The van der Waals surface area contributed by atoms with Gasteiger partial charge in [-0.05, 0) is 61.2 Å². The zero-order valence-corrected chi connectivity index (χ0v) is 19.9. The van der Waals surface area contributed by atoms with Gasteiger partial charge < -0.3 is 15.0 Å². The van der Waals surface area contributed by atoms with E-state index in [-0.39, 0.29) is 12.0 Å². The second-order valence-corrected chi connectivity index (χ2v) is 9.36. The van der Waals surface area contributed by atoms with Gasteiger partial charge in [-0.3, -0.25) is 14.7 Å². The number of carbonyl (C=O) groups excluding carboxylic acids is 2. The molecular weight excluding hydrogens is 440 g/mol. The molecule has 3 aromatic rings. The molecule has 1 spiro atoms. The van der Waals surface area contributed by atoms with Crippen LogP contribution in [0.25, 0.3) is 0 Å². The van der Waals surface area contributed by atoms with Crippen LogP contribution in [0.5, 0.6) is 0 Å². The highest BCUT2D eigenvalue weighted by Gasteiger charge is 2.46. The third kappa shape index (κ3) is 4.99. The molecule has 3 heterocycles. The molecule has 35 heavy (non-hydrogen) atoms. The van der Waals surface area contributed by atoms with E-state index in [4.69, 9.17) is 4.74 Å². The van der Waals surface area contributed by atoms with E-state index in [1.54, 1.807) is 11.1 Å². The van der Waals surface area contributed by atoms with Crippen molar-refractivity contribution in [3.05, 3.63) is 89.7 Å². The number of nitrogens with one attached hydrogen (secondary N) is 1. The number of amides is 2. The summed E-state index contributed by atoms with van der Waals surface area (Å²) in [5, 5.41) is 3.43. The van der Waals surface area contributed by atoms with E-state index in [1.165, 1.54) is 0 Å². The Labute approximate surface area is 205 Å². The summed E-state index contributed by atoms with van der Waals surface area (Å²) in [6.45, 7) is 4.39. The largest absolute Gasteiger partial charge is 0.441 e. The van der Waals surface area contributed by atoms with Crippen LogP contribution in [0, 0.1) is 6.92 Å². The fraction of sp³-hybridized carbons (Fsp3) is 0.321. The number of para-hydroxylation sites is 1. The lowest BCUT2D eigenvalue weighted by molar-refractivity contribution is 0.0438. The van der Waals surface area contributed by atoms with Crippen LogP contribution >= 0.6 is 0 Å². The van der Waals surface area contributed by atoms with Crippen LogP contribution in [0.4, 0.5) is 16.2 Å². The van der Waals surface area contributed by atoms with E-state index >= 15 is 0 Å². The monoisotopic (exact) mass is 470 g/mol. The molecule has 180 valence electrons. The fourth-order valence-electron chi connectivity index (χ4n) is 4.89. The number of aryl methyl sites for hydroxylation is 1. The van der Waals surface area contributed by atoms with E-state index in [2.05, 4.69) is 10.3 Å². The molecule has 7 heteroatoms. The lowest BCUT2D eigenvalue weighted by Crippen LogP contribution is -2.37. The van der Waals surface area contributed by atoms with Gasteiger partial charge in [-0.15, -0.1) is 0 Å². The maximum Gasteiger partial charge on any atom is 0.415 e. The molecule has 0 unspecified atom stereocenters. The number of hydrogen-bond acceptors (Lipinski definition) is 5. The topological polar surface area (TPSA) is 74.8 Å². The molecule has 7 nitrogen and oxygen atoms in total. The second-order valence-electron chi connectivity index (χ2n) is 9.36. The Hall–Kier alpha value is -3.87. The van der Waals surface area contributed by atoms with Crippen LogP contribution in [0.15, 0.2) is 73.1 Å². The Kier molecular flexibility index (Phi) is 6.40. The van der Waals surface area contributed by atoms with Crippen LogP contribution in [0.3, 0.4) is 0 Å². The van der Waals surface area contributed by atoms with Gasteiger partial charge in [0.1, 0.15) is 5.60 Å². The number of hydrogen-bond donors (Lipinski definition) is 1. The molecule has 5 rings (SSSR count). The fourth-order valence-corrected chi connectivity index (χ4v) is 4.89. The van der Waals surface area contributed by atoms with Crippen molar-refractivity contribution in [2.75, 3.05) is 29.9 Å². The van der Waals surface area contributed by atoms with Crippen LogP contribution in [-0.2, 0) is 11.3 Å². The molecule has 1 atom stereocenters. The van der Waals surface area contributed by atoms with Gasteiger partial charge in [0.25, 0.3) is 5.91 Å². The third-order valence-corrected chi connectivity index (χ3v) is 6.91. The first-order valence-corrected chi connectivity index (χ1v) is 12.1. The first kappa shape index (κ1) is 22.9. The Morgan fingerprint density at radius 2 is 1.94 bits per heavy atom. The number of aromatic nitrogens is 1. The second kappa shape index (κ2) is 9.78. The van der Waals surface area contributed by atoms with Crippen molar-refractivity contribution in [1.82, 2.24) is 9.88 Å². The maximum absolute atomic E-state index is 13.4. The zero-order valence-electron chi connectivity index (χ0n) is 19.9. The molecule has 0 bridgehead atoms. The van der Waals surface area contributed by atoms with Crippen molar-refractivity contribution in [3.63, 3.8) is 0 Å². The van der Waals surface area contributed by atoms with Crippen molar-refractivity contribution in [3.8, 4) is 0 Å². The molecular formula is C28H30N4O3. The van der Waals surface area contributed by atoms with E-state index in [9.17, 15) is 9.59 Å². The lowest BCUT2D eigenvalue weighted by Gasteiger charge is -2.26. The van der Waals surface area contributed by atoms with E-state index < -0.39 is 5.60 Å². The van der Waals surface area contributed by atoms with E-state index in [1.807, 2.05) is 78.7 Å². The third-order valence-electron chi connectivity index (χ3n) is 6.91. The van der Waals surface area contributed by atoms with Gasteiger partial charge in [-0.25, -0.2) is 4.79 Å². The van der Waals surface area contributed by atoms with Crippen molar-refractivity contribution in [2.24, 2.45) is 0 Å². The molecule has 2 saturated heterocycles. The predicted molar refractivity (Wildman–Crippen MR) is 135 cm³/mol. The molecule has 2 aliphatic rings. The summed E-state index contributed by atoms with van der Waals surface area (Å²) in [5.41, 5.74) is 4.06. The first-order chi connectivity index (χ1) is 17.0. The highest BCUT2D eigenvalue weighted by Crippen LogP contribution is 2.36. The SMILES string of the molecule is Cc1ccc(C(=O)N2CCC[C@@]3(CC2)CN(c2ccccc2)C(=O)O3)cc1NCc1cccnc1. The molecule has 2 amide bonds. The Morgan fingerprint density at radius 3 is 2.74 bits per heavy atom. The predicted octanol–water partition coefficient (Wildman–Crippen LogP) is 5.02. The molecule has 0 radical (unpaired) electrons. The van der Waals surface area contributed by atoms with E-state index in [0.717, 1.165) is 35.3 Å². The van der Waals surface area contributed by atoms with Crippen molar-refractivity contribution >= 4 is 23.4 Å². The highest BCUT2D eigenvalue weighted by atomic mass is 16.6. The first-order valence-electron chi connectivity index (χ1n) is 12.1. The Bertz CT molecular complexity index is 1200. The van der Waals surface area contributed by atoms with Gasteiger partial charge in [0.05, 0.1) is 6.54 Å². The smallest absolute Gasteiger partial charge is 0.415 e. The number of ether oxygens (including phenoxy) is 1. The molecule has 2 fully saturated rings. The van der Waals surface area contributed by atoms with Gasteiger partial charge in [0, 0.05) is 55.4 Å². The summed E-state index contributed by atoms with van der Waals surface area (Å²) in [5.74, 6) is 0.00992. The molecule has 2 aliphatic heterocycles. The minimum atomic E-state index is -0.550. The van der Waals surface area contributed by atoms with Crippen molar-refractivity contribution < 1.29 is 14.3 Å². The van der Waals surface area contributed by atoms with Gasteiger partial charge in [0.15, 0.2) is 0 Å². The summed E-state index contributed by atoms with van der Waals surface area (Å²) in [7, 11) is 0. The maximum atomic E-state index is 13.4. The minimum Gasteiger partial charge on any atom is -0.441 e. The number of likely N-dealkylation sites (tertiary alicyclic amines) is 1. The Morgan fingerprint density at radius 1 is 1.09 bits per heavy atom. The van der Waals surface area contributed by atoms with Gasteiger partial charge in [-0.1, -0.05) is 30.3 Å². The van der Waals surface area contributed by atoms with Crippen LogP contribution in [0.1, 0.15) is 40.7 Å². The number of benzene rings is 2.